The lowest BCUT2D eigenvalue weighted by Gasteiger charge is -2.14. The maximum absolute atomic E-state index is 13.0. The number of carbonyl (C=O) groups is 1. The highest BCUT2D eigenvalue weighted by Crippen LogP contribution is 2.38. The van der Waals surface area contributed by atoms with E-state index in [0.717, 1.165) is 0 Å². The number of halogens is 2. The normalized spacial score (nSPS) is 22.2. The summed E-state index contributed by atoms with van der Waals surface area (Å²) in [6, 6.07) is 9.47. The molecule has 0 bridgehead atoms. The molecule has 150 valence electrons. The van der Waals surface area contributed by atoms with Crippen LogP contribution in [0.5, 0.6) is 11.5 Å². The number of carboxylic acids is 1. The largest absolute Gasteiger partial charge is 0.481 e. The van der Waals surface area contributed by atoms with Crippen LogP contribution in [-0.2, 0) is 19.4 Å². The molecule has 6 nitrogen and oxygen atoms in total. The molecule has 3 rings (SSSR count). The van der Waals surface area contributed by atoms with Crippen LogP contribution in [0.4, 0.5) is 4.39 Å². The summed E-state index contributed by atoms with van der Waals surface area (Å²) in [5.74, 6) is -1.71. The summed E-state index contributed by atoms with van der Waals surface area (Å²) in [5.41, 5.74) is 0. The molecule has 0 aromatic heterocycles. The second kappa shape index (κ2) is 8.06. The van der Waals surface area contributed by atoms with Crippen molar-refractivity contribution in [3.63, 3.8) is 0 Å². The summed E-state index contributed by atoms with van der Waals surface area (Å²) in [7, 11) is -2.49. The molecule has 1 saturated carbocycles. The summed E-state index contributed by atoms with van der Waals surface area (Å²) in [6.07, 6.45) is -0.627. The molecule has 0 saturated heterocycles. The summed E-state index contributed by atoms with van der Waals surface area (Å²) >= 11 is 6.19. The van der Waals surface area contributed by atoms with E-state index in [9.17, 15) is 22.7 Å². The van der Waals surface area contributed by atoms with Gasteiger partial charge in [-0.15, -0.1) is 0 Å². The van der Waals surface area contributed by atoms with Crippen LogP contribution in [0.15, 0.2) is 47.4 Å². The topological polar surface area (TPSA) is 89.9 Å². The highest BCUT2D eigenvalue weighted by Gasteiger charge is 2.45. The summed E-state index contributed by atoms with van der Waals surface area (Å²) < 4.78 is 49.6. The second-order valence-electron chi connectivity index (χ2n) is 6.51. The number of rotatable bonds is 6. The molecule has 0 amide bonds. The third-order valence-corrected chi connectivity index (χ3v) is 7.44. The summed E-state index contributed by atoms with van der Waals surface area (Å²) in [5, 5.41) is 8.34. The van der Waals surface area contributed by atoms with Crippen LogP contribution in [-0.4, -0.2) is 38.0 Å². The Morgan fingerprint density at radius 2 is 1.79 bits per heavy atom. The van der Waals surface area contributed by atoms with E-state index in [1.165, 1.54) is 49.6 Å². The first-order valence-corrected chi connectivity index (χ1v) is 10.4. The van der Waals surface area contributed by atoms with Gasteiger partial charge in [-0.25, -0.2) is 12.8 Å². The van der Waals surface area contributed by atoms with Crippen LogP contribution in [0.2, 0.25) is 5.02 Å². The van der Waals surface area contributed by atoms with Crippen molar-refractivity contribution in [3.8, 4) is 11.5 Å². The second-order valence-corrected chi connectivity index (χ2v) is 9.11. The van der Waals surface area contributed by atoms with Crippen molar-refractivity contribution in [1.29, 1.82) is 0 Å². The van der Waals surface area contributed by atoms with Gasteiger partial charge in [0.15, 0.2) is 9.84 Å². The Hall–Kier alpha value is -2.16. The molecule has 1 fully saturated rings. The van der Waals surface area contributed by atoms with E-state index in [0.29, 0.717) is 11.5 Å². The molecule has 2 aromatic carbocycles. The molecule has 9 heteroatoms. The standard InChI is InChI=1S/C19H18ClFO6S/c1-26-17-10-14(9-15(17)19(22)23)28(24,25)18-7-6-13(8-16(18)20)27-12-4-2-11(21)3-5-12/h2-8,14-15,17H,9-10H2,1H3,(H,22,23)/t14-,15-,17-/m1/s1. The molecule has 0 spiro atoms. The minimum absolute atomic E-state index is 0.0349. The zero-order valence-corrected chi connectivity index (χ0v) is 16.4. The summed E-state index contributed by atoms with van der Waals surface area (Å²) in [4.78, 5) is 11.3. The van der Waals surface area contributed by atoms with Crippen LogP contribution < -0.4 is 4.74 Å². The average Bonchev–Trinajstić information content (AvgIpc) is 3.09. The van der Waals surface area contributed by atoms with Crippen molar-refractivity contribution in [2.45, 2.75) is 29.1 Å². The molecule has 3 atom stereocenters. The Morgan fingerprint density at radius 1 is 1.14 bits per heavy atom. The smallest absolute Gasteiger partial charge is 0.309 e. The highest BCUT2D eigenvalue weighted by molar-refractivity contribution is 7.92. The van der Waals surface area contributed by atoms with Crippen molar-refractivity contribution in [3.05, 3.63) is 53.3 Å². The number of hydrogen-bond acceptors (Lipinski definition) is 5. The van der Waals surface area contributed by atoms with Gasteiger partial charge in [-0.1, -0.05) is 11.6 Å². The van der Waals surface area contributed by atoms with Gasteiger partial charge in [0.2, 0.25) is 0 Å². The molecule has 28 heavy (non-hydrogen) atoms. The molecule has 1 aliphatic carbocycles. The lowest BCUT2D eigenvalue weighted by Crippen LogP contribution is -2.24. The minimum Gasteiger partial charge on any atom is -0.481 e. The number of aliphatic carboxylic acids is 1. The Kier molecular flexibility index (Phi) is 5.92. The number of ether oxygens (including phenoxy) is 2. The van der Waals surface area contributed by atoms with Gasteiger partial charge in [-0.2, -0.15) is 0 Å². The zero-order valence-electron chi connectivity index (χ0n) is 14.8. The third-order valence-electron chi connectivity index (χ3n) is 4.78. The molecule has 1 N–H and O–H groups in total. The van der Waals surface area contributed by atoms with Gasteiger partial charge in [0, 0.05) is 13.2 Å². The molecule has 0 unspecified atom stereocenters. The predicted molar refractivity (Wildman–Crippen MR) is 100 cm³/mol. The molecule has 1 aliphatic rings. The van der Waals surface area contributed by atoms with Crippen molar-refractivity contribution in [1.82, 2.24) is 0 Å². The maximum Gasteiger partial charge on any atom is 0.309 e. The monoisotopic (exact) mass is 428 g/mol. The van der Waals surface area contributed by atoms with Gasteiger partial charge >= 0.3 is 5.97 Å². The van der Waals surface area contributed by atoms with Gasteiger partial charge in [0.05, 0.1) is 27.2 Å². The van der Waals surface area contributed by atoms with Crippen molar-refractivity contribution < 1.29 is 32.2 Å². The van der Waals surface area contributed by atoms with Crippen molar-refractivity contribution >= 4 is 27.4 Å². The van der Waals surface area contributed by atoms with E-state index in [1.54, 1.807) is 0 Å². The van der Waals surface area contributed by atoms with Gasteiger partial charge in [0.25, 0.3) is 0 Å². The molecular formula is C19H18ClFO6S. The van der Waals surface area contributed by atoms with E-state index in [4.69, 9.17) is 21.1 Å². The molecular weight excluding hydrogens is 411 g/mol. The number of hydrogen-bond donors (Lipinski definition) is 1. The van der Waals surface area contributed by atoms with E-state index < -0.39 is 38.9 Å². The van der Waals surface area contributed by atoms with E-state index in [1.807, 2.05) is 0 Å². The Labute approximate surface area is 166 Å². The molecule has 0 radical (unpaired) electrons. The lowest BCUT2D eigenvalue weighted by atomic mass is 10.1. The maximum atomic E-state index is 13.0. The van der Waals surface area contributed by atoms with Gasteiger partial charge in [0.1, 0.15) is 17.3 Å². The fourth-order valence-corrected chi connectivity index (χ4v) is 5.67. The fourth-order valence-electron chi connectivity index (χ4n) is 3.32. The van der Waals surface area contributed by atoms with Crippen LogP contribution in [0.3, 0.4) is 0 Å². The Morgan fingerprint density at radius 3 is 2.32 bits per heavy atom. The predicted octanol–water partition coefficient (Wildman–Crippen LogP) is 3.92. The average molecular weight is 429 g/mol. The fraction of sp³-hybridized carbons (Fsp3) is 0.316. The number of carboxylic acid groups (broad SMARTS) is 1. The number of methoxy groups -OCH3 is 1. The van der Waals surface area contributed by atoms with Crippen molar-refractivity contribution in [2.24, 2.45) is 5.92 Å². The van der Waals surface area contributed by atoms with E-state index in [2.05, 4.69) is 0 Å². The van der Waals surface area contributed by atoms with Gasteiger partial charge in [-0.05, 0) is 49.2 Å². The van der Waals surface area contributed by atoms with Crippen LogP contribution in [0.1, 0.15) is 12.8 Å². The van der Waals surface area contributed by atoms with Crippen molar-refractivity contribution in [2.75, 3.05) is 7.11 Å². The third kappa shape index (κ3) is 4.14. The quantitative estimate of drug-likeness (QED) is 0.749. The molecule has 0 heterocycles. The van der Waals surface area contributed by atoms with E-state index >= 15 is 0 Å². The number of sulfone groups is 1. The van der Waals surface area contributed by atoms with Crippen LogP contribution >= 0.6 is 11.6 Å². The first kappa shape index (κ1) is 20.6. The van der Waals surface area contributed by atoms with E-state index in [-0.39, 0.29) is 22.8 Å². The number of benzene rings is 2. The van der Waals surface area contributed by atoms with Gasteiger partial charge in [-0.3, -0.25) is 4.79 Å². The lowest BCUT2D eigenvalue weighted by molar-refractivity contribution is -0.145. The zero-order chi connectivity index (χ0) is 20.5. The Bertz CT molecular complexity index is 976. The first-order chi connectivity index (χ1) is 13.2. The van der Waals surface area contributed by atoms with Crippen LogP contribution in [0.25, 0.3) is 0 Å². The SMILES string of the molecule is CO[C@@H]1C[C@H](S(=O)(=O)c2ccc(Oc3ccc(F)cc3)cc2Cl)C[C@H]1C(=O)O. The van der Waals surface area contributed by atoms with Crippen LogP contribution in [0, 0.1) is 11.7 Å². The summed E-state index contributed by atoms with van der Waals surface area (Å²) in [6.45, 7) is 0. The highest BCUT2D eigenvalue weighted by atomic mass is 35.5. The Balaban J connectivity index is 1.83. The first-order valence-electron chi connectivity index (χ1n) is 8.45. The van der Waals surface area contributed by atoms with Gasteiger partial charge < -0.3 is 14.6 Å². The molecule has 0 aliphatic heterocycles. The minimum atomic E-state index is -3.85. The molecule has 2 aromatic rings.